The Labute approximate surface area is 211 Å². The third-order valence-electron chi connectivity index (χ3n) is 7.78. The number of fused-ring (bicyclic) bond motifs is 3. The molecule has 0 amide bonds. The summed E-state index contributed by atoms with van der Waals surface area (Å²) in [5.74, 6) is 1.15. The molecule has 0 atom stereocenters. The van der Waals surface area contributed by atoms with E-state index in [-0.39, 0.29) is 5.69 Å². The van der Waals surface area contributed by atoms with Crippen molar-refractivity contribution in [2.75, 3.05) is 36.0 Å². The number of anilines is 2. The van der Waals surface area contributed by atoms with Crippen LogP contribution in [-0.4, -0.2) is 40.7 Å². The van der Waals surface area contributed by atoms with E-state index >= 15 is 0 Å². The van der Waals surface area contributed by atoms with E-state index < -0.39 is 4.92 Å². The van der Waals surface area contributed by atoms with Crippen LogP contribution >= 0.6 is 0 Å². The molecule has 36 heavy (non-hydrogen) atoms. The summed E-state index contributed by atoms with van der Waals surface area (Å²) >= 11 is 0. The van der Waals surface area contributed by atoms with Gasteiger partial charge >= 0.3 is 0 Å². The number of benzene rings is 2. The Bertz CT molecular complexity index is 1290. The maximum atomic E-state index is 11.1. The van der Waals surface area contributed by atoms with Crippen molar-refractivity contribution in [3.63, 3.8) is 0 Å². The van der Waals surface area contributed by atoms with Gasteiger partial charge in [-0.25, -0.2) is 4.98 Å². The van der Waals surface area contributed by atoms with Crippen LogP contribution in [0.25, 0.3) is 11.0 Å². The molecule has 3 aliphatic rings. The quantitative estimate of drug-likeness (QED) is 0.227. The average Bonchev–Trinajstić information content (AvgIpc) is 3.32. The third-order valence-corrected chi connectivity index (χ3v) is 7.78. The lowest BCUT2D eigenvalue weighted by molar-refractivity contribution is -0.384. The fourth-order valence-corrected chi connectivity index (χ4v) is 5.89. The van der Waals surface area contributed by atoms with Crippen molar-refractivity contribution in [2.24, 2.45) is 10.2 Å². The smallest absolute Gasteiger partial charge is 0.269 e. The van der Waals surface area contributed by atoms with Crippen LogP contribution in [0.5, 0.6) is 0 Å². The summed E-state index contributed by atoms with van der Waals surface area (Å²) < 4.78 is 2.38. The molecule has 2 saturated heterocycles. The second-order valence-electron chi connectivity index (χ2n) is 10.2. The number of aromatic nitrogens is 2. The fourth-order valence-electron chi connectivity index (χ4n) is 5.89. The number of hydrogen-bond acceptors (Lipinski definition) is 7. The largest absolute Gasteiger partial charge is 0.370 e. The van der Waals surface area contributed by atoms with Crippen molar-refractivity contribution in [1.29, 1.82) is 0 Å². The molecule has 0 N–H and O–H groups in total. The number of nitrogens with zero attached hydrogens (tertiary/aromatic N) is 7. The first-order valence-corrected chi connectivity index (χ1v) is 13.4. The number of azo groups is 1. The number of rotatable bonds is 5. The maximum absolute atomic E-state index is 11.1. The Kier molecular flexibility index (Phi) is 6.29. The highest BCUT2D eigenvalue weighted by Gasteiger charge is 2.28. The number of piperidine rings is 2. The predicted molar refractivity (Wildman–Crippen MR) is 142 cm³/mol. The molecule has 4 heterocycles. The van der Waals surface area contributed by atoms with Crippen LogP contribution in [0.1, 0.15) is 57.2 Å². The molecule has 2 fully saturated rings. The zero-order valence-corrected chi connectivity index (χ0v) is 20.7. The Hall–Kier alpha value is -3.49. The van der Waals surface area contributed by atoms with Crippen LogP contribution in [0.3, 0.4) is 0 Å². The Balaban J connectivity index is 1.53. The van der Waals surface area contributed by atoms with E-state index in [9.17, 15) is 10.1 Å². The van der Waals surface area contributed by atoms with Gasteiger partial charge in [0.15, 0.2) is 0 Å². The molecule has 188 valence electrons. The van der Waals surface area contributed by atoms with Gasteiger partial charge in [-0.3, -0.25) is 10.1 Å². The maximum Gasteiger partial charge on any atom is 0.269 e. The van der Waals surface area contributed by atoms with E-state index in [4.69, 9.17) is 10.1 Å². The minimum absolute atomic E-state index is 0.0566. The van der Waals surface area contributed by atoms with E-state index in [2.05, 4.69) is 25.5 Å². The highest BCUT2D eigenvalue weighted by Crippen LogP contribution is 2.45. The molecule has 0 radical (unpaired) electrons. The Morgan fingerprint density at radius 1 is 0.778 bits per heavy atom. The lowest BCUT2D eigenvalue weighted by atomic mass is 10.1. The van der Waals surface area contributed by atoms with Crippen molar-refractivity contribution in [2.45, 2.75) is 64.3 Å². The second kappa shape index (κ2) is 9.87. The van der Waals surface area contributed by atoms with E-state index in [1.54, 1.807) is 12.1 Å². The van der Waals surface area contributed by atoms with Gasteiger partial charge in [-0.05, 0) is 69.6 Å². The summed E-state index contributed by atoms with van der Waals surface area (Å²) in [7, 11) is 0. The number of nitro groups is 1. The Morgan fingerprint density at radius 2 is 1.42 bits per heavy atom. The zero-order chi connectivity index (χ0) is 24.5. The van der Waals surface area contributed by atoms with Crippen molar-refractivity contribution in [1.82, 2.24) is 9.55 Å². The summed E-state index contributed by atoms with van der Waals surface area (Å²) in [6.07, 6.45) is 10.7. The van der Waals surface area contributed by atoms with E-state index in [1.807, 2.05) is 0 Å². The monoisotopic (exact) mass is 487 g/mol. The SMILES string of the molecule is O=[N+]([O-])c1ccc(N=Nc2c(N3CCCCC3)cc(N3CCCCC3)c3nc4n(c23)CCCC4)cc1. The molecule has 3 aromatic rings. The van der Waals surface area contributed by atoms with Gasteiger partial charge in [-0.1, -0.05) is 0 Å². The number of non-ortho nitro benzene ring substituents is 1. The minimum atomic E-state index is -0.392. The van der Waals surface area contributed by atoms with Crippen LogP contribution in [0.4, 0.5) is 28.4 Å². The average molecular weight is 488 g/mol. The lowest BCUT2D eigenvalue weighted by Crippen LogP contribution is -2.32. The highest BCUT2D eigenvalue weighted by atomic mass is 16.6. The van der Waals surface area contributed by atoms with Gasteiger partial charge in [-0.15, -0.1) is 5.11 Å². The molecular formula is C27H33N7O2. The molecule has 3 aliphatic heterocycles. The molecule has 0 aliphatic carbocycles. The Morgan fingerprint density at radius 3 is 2.08 bits per heavy atom. The summed E-state index contributed by atoms with van der Waals surface area (Å²) in [4.78, 5) is 20.9. The van der Waals surface area contributed by atoms with Crippen LogP contribution < -0.4 is 9.80 Å². The van der Waals surface area contributed by atoms with Gasteiger partial charge in [0, 0.05) is 51.3 Å². The predicted octanol–water partition coefficient (Wildman–Crippen LogP) is 6.68. The van der Waals surface area contributed by atoms with Crippen LogP contribution in [0, 0.1) is 10.1 Å². The first-order valence-electron chi connectivity index (χ1n) is 13.4. The van der Waals surface area contributed by atoms with E-state index in [0.717, 1.165) is 73.8 Å². The van der Waals surface area contributed by atoms with Crippen molar-refractivity contribution in [3.05, 3.63) is 46.3 Å². The molecule has 9 nitrogen and oxygen atoms in total. The van der Waals surface area contributed by atoms with Gasteiger partial charge < -0.3 is 14.4 Å². The molecule has 0 bridgehead atoms. The van der Waals surface area contributed by atoms with Crippen molar-refractivity contribution < 1.29 is 4.92 Å². The first kappa shape index (κ1) is 22.9. The molecule has 0 saturated carbocycles. The number of imidazole rings is 1. The van der Waals surface area contributed by atoms with Crippen LogP contribution in [-0.2, 0) is 13.0 Å². The van der Waals surface area contributed by atoms with Gasteiger partial charge in [0.1, 0.15) is 22.5 Å². The van der Waals surface area contributed by atoms with Crippen LogP contribution in [0.15, 0.2) is 40.6 Å². The van der Waals surface area contributed by atoms with Gasteiger partial charge in [-0.2, -0.15) is 5.11 Å². The van der Waals surface area contributed by atoms with Crippen molar-refractivity contribution in [3.8, 4) is 0 Å². The van der Waals surface area contributed by atoms with E-state index in [0.29, 0.717) is 5.69 Å². The van der Waals surface area contributed by atoms with Crippen molar-refractivity contribution >= 4 is 39.5 Å². The van der Waals surface area contributed by atoms with Gasteiger partial charge in [0.2, 0.25) is 0 Å². The lowest BCUT2D eigenvalue weighted by Gasteiger charge is -2.33. The van der Waals surface area contributed by atoms with Gasteiger partial charge in [0.25, 0.3) is 5.69 Å². The van der Waals surface area contributed by atoms with E-state index in [1.165, 1.54) is 62.8 Å². The second-order valence-corrected chi connectivity index (χ2v) is 10.2. The summed E-state index contributed by atoms with van der Waals surface area (Å²) in [5, 5.41) is 20.5. The van der Waals surface area contributed by atoms with Crippen LogP contribution in [0.2, 0.25) is 0 Å². The number of hydrogen-bond donors (Lipinski definition) is 0. The molecule has 9 heteroatoms. The molecule has 6 rings (SSSR count). The minimum Gasteiger partial charge on any atom is -0.370 e. The standard InChI is InChI=1S/C27H33N7O2/c35-34(36)21-12-10-20(11-13-21)29-30-26-23(32-16-6-2-7-17-32)19-22(31-14-4-1-5-15-31)25-27(26)33-18-8-3-9-24(33)28-25/h10-13,19H,1-9,14-18H2. The molecule has 0 unspecified atom stereocenters. The number of aryl methyl sites for hydroxylation is 2. The highest BCUT2D eigenvalue weighted by molar-refractivity contribution is 6.03. The molecular weight excluding hydrogens is 454 g/mol. The molecule has 0 spiro atoms. The normalized spacial score (nSPS) is 18.7. The summed E-state index contributed by atoms with van der Waals surface area (Å²) in [5.41, 5.74) is 6.07. The summed E-state index contributed by atoms with van der Waals surface area (Å²) in [6.45, 7) is 5.13. The fraction of sp³-hybridized carbons (Fsp3) is 0.519. The topological polar surface area (TPSA) is 92.2 Å². The van der Waals surface area contributed by atoms with Gasteiger partial charge in [0.05, 0.1) is 22.0 Å². The molecule has 2 aromatic carbocycles. The number of nitro benzene ring substituents is 1. The first-order chi connectivity index (χ1) is 17.7. The third kappa shape index (κ3) is 4.31. The summed E-state index contributed by atoms with van der Waals surface area (Å²) in [6, 6.07) is 8.61. The zero-order valence-electron chi connectivity index (χ0n) is 20.7. The molecule has 1 aromatic heterocycles.